The molecule has 6 fully saturated rings. The summed E-state index contributed by atoms with van der Waals surface area (Å²) in [6.45, 7) is 5.82. The Hall–Kier alpha value is -2.63. The van der Waals surface area contributed by atoms with E-state index in [4.69, 9.17) is 28.9 Å². The fourth-order valence-corrected chi connectivity index (χ4v) is 10.0. The van der Waals surface area contributed by atoms with Gasteiger partial charge in [-0.15, -0.1) is 0 Å². The van der Waals surface area contributed by atoms with Gasteiger partial charge in [0.2, 0.25) is 0 Å². The minimum Gasteiger partial charge on any atom is -0.453 e. The van der Waals surface area contributed by atoms with Crippen LogP contribution in [0.3, 0.4) is 0 Å². The molecule has 2 bridgehead atoms. The highest BCUT2D eigenvalue weighted by atomic mass is 32.1. The Morgan fingerprint density at radius 3 is 2.54 bits per heavy atom. The zero-order valence-electron chi connectivity index (χ0n) is 27.5. The first-order valence-corrected chi connectivity index (χ1v) is 18.6. The van der Waals surface area contributed by atoms with Crippen LogP contribution in [0.25, 0.3) is 10.2 Å². The molecule has 4 aliphatic heterocycles. The number of hydrogen-bond acceptors (Lipinski definition) is 9. The zero-order valence-corrected chi connectivity index (χ0v) is 28.3. The fraction of sp³-hybridized carbons (Fsp3) is 0.743. The van der Waals surface area contributed by atoms with Gasteiger partial charge in [-0.3, -0.25) is 14.5 Å². The quantitative estimate of drug-likeness (QED) is 0.276. The van der Waals surface area contributed by atoms with Gasteiger partial charge in [0.05, 0.1) is 48.2 Å². The number of fused-ring (bicyclic) bond motifs is 3. The van der Waals surface area contributed by atoms with Gasteiger partial charge in [0.25, 0.3) is 0 Å². The van der Waals surface area contributed by atoms with Crippen molar-refractivity contribution >= 4 is 27.8 Å². The van der Waals surface area contributed by atoms with Gasteiger partial charge in [-0.25, -0.2) is 14.8 Å². The monoisotopic (exact) mass is 647 g/mol. The summed E-state index contributed by atoms with van der Waals surface area (Å²) in [5, 5.41) is 5.93. The molecule has 4 saturated heterocycles. The highest BCUT2D eigenvalue weighted by Crippen LogP contribution is 2.44. The number of piperidine rings is 1. The van der Waals surface area contributed by atoms with Crippen molar-refractivity contribution < 1.29 is 14.3 Å². The second-order valence-corrected chi connectivity index (χ2v) is 15.5. The number of methoxy groups -OCH3 is 1. The SMILES string of the molecule is COC(=O)N1C2CC1CN(C1CCC(CCCc3nc(C4CCC4Cc4cnn(C5CCOCC5)c4)nc4snc(C)c34)CC1)C2. The van der Waals surface area contributed by atoms with E-state index < -0.39 is 0 Å². The number of carbonyl (C=O) groups is 1. The summed E-state index contributed by atoms with van der Waals surface area (Å²) in [7, 11) is 1.50. The Bertz CT molecular complexity index is 1520. The predicted octanol–water partition coefficient (Wildman–Crippen LogP) is 6.09. The van der Waals surface area contributed by atoms with Gasteiger partial charge in [-0.2, -0.15) is 9.47 Å². The van der Waals surface area contributed by atoms with E-state index in [2.05, 4.69) is 28.9 Å². The van der Waals surface area contributed by atoms with Gasteiger partial charge in [-0.05, 0) is 113 Å². The first-order valence-electron chi connectivity index (χ1n) is 17.9. The number of ether oxygens (including phenoxy) is 2. The van der Waals surface area contributed by atoms with Gasteiger partial charge in [0, 0.05) is 44.5 Å². The topological polar surface area (TPSA) is 98.5 Å². The Balaban J connectivity index is 0.853. The second-order valence-electron chi connectivity index (χ2n) is 14.7. The molecule has 248 valence electrons. The van der Waals surface area contributed by atoms with Crippen LogP contribution in [0.2, 0.25) is 0 Å². The molecule has 9 rings (SSSR count). The van der Waals surface area contributed by atoms with Crippen molar-refractivity contribution in [1.82, 2.24) is 33.9 Å². The molecule has 10 nitrogen and oxygen atoms in total. The van der Waals surface area contributed by atoms with Crippen LogP contribution in [0.1, 0.15) is 105 Å². The standard InChI is InChI=1S/C35H49N7O3S/c1-22-32-31(5-3-4-23-6-9-26(10-7-23)40-20-28-17-29(21-40)42(28)35(43)44-2)37-33(38-34(32)46-39-22)30-11-8-25(30)16-24-18-36-41(19-24)27-12-14-45-15-13-27/h18-19,23,25-30H,3-17,20-21H2,1-2H3. The van der Waals surface area contributed by atoms with E-state index in [0.29, 0.717) is 36.0 Å². The summed E-state index contributed by atoms with van der Waals surface area (Å²) in [6, 6.07) is 1.85. The lowest BCUT2D eigenvalue weighted by atomic mass is 9.70. The normalized spacial score (nSPS) is 30.3. The third-order valence-corrected chi connectivity index (χ3v) is 12.9. The molecule has 0 aromatic carbocycles. The van der Waals surface area contributed by atoms with Crippen molar-refractivity contribution in [3.05, 3.63) is 35.2 Å². The molecule has 2 aliphatic carbocycles. The van der Waals surface area contributed by atoms with Gasteiger partial charge in [0.15, 0.2) is 0 Å². The van der Waals surface area contributed by atoms with Crippen LogP contribution in [0.15, 0.2) is 12.4 Å². The van der Waals surface area contributed by atoms with E-state index in [0.717, 1.165) is 80.7 Å². The second kappa shape index (κ2) is 13.1. The molecule has 11 heteroatoms. The van der Waals surface area contributed by atoms with E-state index in [1.54, 1.807) is 11.5 Å². The molecule has 4 atom stereocenters. The van der Waals surface area contributed by atoms with Crippen LogP contribution < -0.4 is 0 Å². The number of aromatic nitrogens is 5. The van der Waals surface area contributed by atoms with Crippen LogP contribution in [-0.4, -0.2) is 91.6 Å². The molecule has 6 aliphatic rings. The molecule has 2 saturated carbocycles. The van der Waals surface area contributed by atoms with E-state index in [1.165, 1.54) is 75.1 Å². The van der Waals surface area contributed by atoms with Crippen LogP contribution in [-0.2, 0) is 22.3 Å². The number of hydrogen-bond donors (Lipinski definition) is 0. The predicted molar refractivity (Wildman–Crippen MR) is 177 cm³/mol. The first kappa shape index (κ1) is 30.7. The molecule has 3 aromatic heterocycles. The molecule has 46 heavy (non-hydrogen) atoms. The molecule has 3 aromatic rings. The number of carbonyl (C=O) groups excluding carboxylic acids is 1. The highest BCUT2D eigenvalue weighted by molar-refractivity contribution is 7.12. The number of nitrogens with zero attached hydrogens (tertiary/aromatic N) is 7. The average molecular weight is 648 g/mol. The molecule has 1 amide bonds. The van der Waals surface area contributed by atoms with Crippen molar-refractivity contribution in [2.45, 2.75) is 120 Å². The van der Waals surface area contributed by atoms with Crippen LogP contribution in [0.5, 0.6) is 0 Å². The average Bonchev–Trinajstić information content (AvgIpc) is 3.70. The van der Waals surface area contributed by atoms with E-state index in [1.807, 2.05) is 4.90 Å². The maximum atomic E-state index is 12.1. The molecular weight excluding hydrogens is 598 g/mol. The van der Waals surface area contributed by atoms with Crippen molar-refractivity contribution in [2.75, 3.05) is 33.4 Å². The molecule has 0 N–H and O–H groups in total. The van der Waals surface area contributed by atoms with Crippen LogP contribution >= 0.6 is 11.5 Å². The molecule has 4 unspecified atom stereocenters. The lowest BCUT2D eigenvalue weighted by Gasteiger charge is -2.57. The van der Waals surface area contributed by atoms with Gasteiger partial charge in [-0.1, -0.05) is 6.42 Å². The third-order valence-electron chi connectivity index (χ3n) is 12.0. The summed E-state index contributed by atoms with van der Waals surface area (Å²) in [5.74, 6) is 2.85. The van der Waals surface area contributed by atoms with Crippen molar-refractivity contribution in [1.29, 1.82) is 0 Å². The lowest BCUT2D eigenvalue weighted by Crippen LogP contribution is -2.71. The maximum absolute atomic E-state index is 12.1. The summed E-state index contributed by atoms with van der Waals surface area (Å²) in [5.41, 5.74) is 3.64. The van der Waals surface area contributed by atoms with Crippen molar-refractivity contribution in [2.24, 2.45) is 11.8 Å². The summed E-state index contributed by atoms with van der Waals surface area (Å²) in [6.07, 6.45) is 19.6. The van der Waals surface area contributed by atoms with Crippen LogP contribution in [0, 0.1) is 18.8 Å². The van der Waals surface area contributed by atoms with Crippen molar-refractivity contribution in [3.8, 4) is 0 Å². The van der Waals surface area contributed by atoms with Crippen molar-refractivity contribution in [3.63, 3.8) is 0 Å². The lowest BCUT2D eigenvalue weighted by molar-refractivity contribution is -0.0733. The van der Waals surface area contributed by atoms with E-state index in [9.17, 15) is 4.79 Å². The Kier molecular flexibility index (Phi) is 8.75. The summed E-state index contributed by atoms with van der Waals surface area (Å²) < 4.78 is 17.4. The maximum Gasteiger partial charge on any atom is 0.410 e. The Labute approximate surface area is 276 Å². The fourth-order valence-electron chi connectivity index (χ4n) is 9.23. The molecule has 7 heterocycles. The van der Waals surface area contributed by atoms with Crippen LogP contribution in [0.4, 0.5) is 4.79 Å². The zero-order chi connectivity index (χ0) is 31.2. The largest absolute Gasteiger partial charge is 0.453 e. The van der Waals surface area contributed by atoms with E-state index >= 15 is 0 Å². The minimum absolute atomic E-state index is 0.145. The Morgan fingerprint density at radius 1 is 1.00 bits per heavy atom. The Morgan fingerprint density at radius 2 is 1.80 bits per heavy atom. The minimum atomic E-state index is -0.145. The smallest absolute Gasteiger partial charge is 0.410 e. The molecule has 0 radical (unpaired) electrons. The number of aryl methyl sites for hydroxylation is 2. The molecule has 0 spiro atoms. The van der Waals surface area contributed by atoms with Gasteiger partial charge >= 0.3 is 6.09 Å². The first-order chi connectivity index (χ1) is 22.5. The highest BCUT2D eigenvalue weighted by Gasteiger charge is 2.49. The number of amides is 1. The van der Waals surface area contributed by atoms with Gasteiger partial charge in [0.1, 0.15) is 10.7 Å². The molecular formula is C35H49N7O3S. The number of rotatable bonds is 9. The third kappa shape index (κ3) is 5.96. The summed E-state index contributed by atoms with van der Waals surface area (Å²) >= 11 is 1.54. The summed E-state index contributed by atoms with van der Waals surface area (Å²) in [4.78, 5) is 28.2. The number of piperazine rings is 1. The van der Waals surface area contributed by atoms with E-state index in [-0.39, 0.29) is 6.09 Å². The van der Waals surface area contributed by atoms with Gasteiger partial charge < -0.3 is 9.47 Å².